The third-order valence-electron chi connectivity index (χ3n) is 4.43. The van der Waals surface area contributed by atoms with Crippen LogP contribution in [0.15, 0.2) is 72.8 Å². The molecule has 1 atom stereocenters. The van der Waals surface area contributed by atoms with Gasteiger partial charge in [-0.15, -0.1) is 0 Å². The van der Waals surface area contributed by atoms with Crippen molar-refractivity contribution in [3.63, 3.8) is 0 Å². The lowest BCUT2D eigenvalue weighted by atomic mass is 10.1. The van der Waals surface area contributed by atoms with Gasteiger partial charge >= 0.3 is 5.97 Å². The number of phenols is 1. The first-order chi connectivity index (χ1) is 13.1. The second kappa shape index (κ2) is 6.96. The number of benzene rings is 3. The van der Waals surface area contributed by atoms with E-state index < -0.39 is 12.1 Å². The molecule has 4 aromatic rings. The number of carboxylic acid groups (broad SMARTS) is 1. The molecule has 0 spiro atoms. The minimum atomic E-state index is -1.07. The van der Waals surface area contributed by atoms with Crippen LogP contribution in [0.4, 0.5) is 0 Å². The molecular formula is C22H17NO4. The molecule has 3 aromatic carbocycles. The molecule has 0 fully saturated rings. The van der Waals surface area contributed by atoms with Gasteiger partial charge in [0.05, 0.1) is 11.0 Å². The van der Waals surface area contributed by atoms with Gasteiger partial charge in [0.1, 0.15) is 11.5 Å². The highest BCUT2D eigenvalue weighted by molar-refractivity contribution is 6.01. The Bertz CT molecular complexity index is 1070. The summed E-state index contributed by atoms with van der Waals surface area (Å²) in [6.07, 6.45) is -0.885. The lowest BCUT2D eigenvalue weighted by Crippen LogP contribution is -2.29. The maximum atomic E-state index is 11.9. The highest BCUT2D eigenvalue weighted by Gasteiger charge is 2.23. The molecule has 134 valence electrons. The Morgan fingerprint density at radius 2 is 1.44 bits per heavy atom. The zero-order valence-electron chi connectivity index (χ0n) is 14.4. The van der Waals surface area contributed by atoms with Gasteiger partial charge in [-0.2, -0.15) is 0 Å². The van der Waals surface area contributed by atoms with Crippen LogP contribution >= 0.6 is 0 Å². The number of ether oxygens (including phenoxy) is 1. The molecule has 27 heavy (non-hydrogen) atoms. The molecule has 0 radical (unpaired) electrons. The minimum absolute atomic E-state index is 0.137. The third kappa shape index (κ3) is 3.40. The zero-order chi connectivity index (χ0) is 18.8. The number of carbonyl (C=O) groups is 1. The highest BCUT2D eigenvalue weighted by Crippen LogP contribution is 2.33. The van der Waals surface area contributed by atoms with E-state index in [-0.39, 0.29) is 12.2 Å². The van der Waals surface area contributed by atoms with Crippen LogP contribution in [0.5, 0.6) is 11.5 Å². The number of hydrogen-bond acceptors (Lipinski definition) is 4. The second-order valence-electron chi connectivity index (χ2n) is 6.29. The molecule has 0 saturated carbocycles. The van der Waals surface area contributed by atoms with Crippen LogP contribution < -0.4 is 4.74 Å². The van der Waals surface area contributed by atoms with E-state index in [4.69, 9.17) is 4.74 Å². The molecule has 5 nitrogen and oxygen atoms in total. The maximum absolute atomic E-state index is 11.9. The molecule has 0 aliphatic carbocycles. The first kappa shape index (κ1) is 16.8. The summed E-state index contributed by atoms with van der Waals surface area (Å²) in [5, 5.41) is 20.7. The predicted molar refractivity (Wildman–Crippen MR) is 103 cm³/mol. The number of aliphatic carboxylic acids is 1. The fraction of sp³-hybridized carbons (Fsp3) is 0.0909. The van der Waals surface area contributed by atoms with Crippen LogP contribution in [0.1, 0.15) is 5.56 Å². The normalized spacial score (nSPS) is 12.1. The van der Waals surface area contributed by atoms with Crippen molar-refractivity contribution in [2.24, 2.45) is 0 Å². The summed E-state index contributed by atoms with van der Waals surface area (Å²) in [4.78, 5) is 16.5. The van der Waals surface area contributed by atoms with Gasteiger partial charge in [0.2, 0.25) is 0 Å². The minimum Gasteiger partial charge on any atom is -0.508 e. The van der Waals surface area contributed by atoms with E-state index in [2.05, 4.69) is 4.98 Å². The van der Waals surface area contributed by atoms with Gasteiger partial charge in [0.15, 0.2) is 6.10 Å². The van der Waals surface area contributed by atoms with Crippen molar-refractivity contribution in [3.05, 3.63) is 78.4 Å². The smallest absolute Gasteiger partial charge is 0.345 e. The van der Waals surface area contributed by atoms with Gasteiger partial charge in [0.25, 0.3) is 0 Å². The van der Waals surface area contributed by atoms with E-state index >= 15 is 0 Å². The number of aromatic nitrogens is 1. The van der Waals surface area contributed by atoms with Crippen molar-refractivity contribution < 1.29 is 19.7 Å². The summed E-state index contributed by atoms with van der Waals surface area (Å²) in [5.41, 5.74) is 2.27. The average Bonchev–Trinajstić information content (AvgIpc) is 2.68. The molecule has 1 heterocycles. The lowest BCUT2D eigenvalue weighted by Gasteiger charge is -2.18. The molecule has 4 rings (SSSR count). The first-order valence-corrected chi connectivity index (χ1v) is 8.56. The molecule has 1 aromatic heterocycles. The molecule has 5 heteroatoms. The molecule has 0 aliphatic heterocycles. The Morgan fingerprint density at radius 3 is 2.00 bits per heavy atom. The van der Waals surface area contributed by atoms with Crippen LogP contribution in [0.3, 0.4) is 0 Å². The van der Waals surface area contributed by atoms with Crippen molar-refractivity contribution in [3.8, 4) is 11.5 Å². The lowest BCUT2D eigenvalue weighted by molar-refractivity contribution is -0.144. The van der Waals surface area contributed by atoms with Gasteiger partial charge in [-0.3, -0.25) is 0 Å². The standard InChI is InChI=1S/C22H17NO4/c24-15-11-9-14(10-12-15)13-20(22(25)26)27-21-16-5-1-3-7-18(16)23-19-8-4-2-6-17(19)21/h1-12,20,24H,13H2,(H,25,26). The number of carboxylic acids is 1. The van der Waals surface area contributed by atoms with Crippen LogP contribution in [0.2, 0.25) is 0 Å². The second-order valence-corrected chi connectivity index (χ2v) is 6.29. The van der Waals surface area contributed by atoms with Crippen molar-refractivity contribution in [1.29, 1.82) is 0 Å². The quantitative estimate of drug-likeness (QED) is 0.523. The predicted octanol–water partition coefficient (Wildman–Crippen LogP) is 4.17. The first-order valence-electron chi connectivity index (χ1n) is 8.56. The van der Waals surface area contributed by atoms with Crippen LogP contribution in [-0.4, -0.2) is 27.3 Å². The summed E-state index contributed by atoms with van der Waals surface area (Å²) in [6, 6.07) is 21.5. The number of phenolic OH excluding ortho intramolecular Hbond substituents is 1. The molecule has 2 N–H and O–H groups in total. The van der Waals surface area contributed by atoms with Crippen molar-refractivity contribution in [1.82, 2.24) is 4.98 Å². The summed E-state index contributed by atoms with van der Waals surface area (Å²) in [7, 11) is 0. The number of aromatic hydroxyl groups is 1. The van der Waals surface area contributed by atoms with Gasteiger partial charge < -0.3 is 14.9 Å². The van der Waals surface area contributed by atoms with E-state index in [1.807, 2.05) is 48.5 Å². The topological polar surface area (TPSA) is 79.7 Å². The summed E-state index contributed by atoms with van der Waals surface area (Å²) < 4.78 is 6.03. The Kier molecular flexibility index (Phi) is 4.34. The van der Waals surface area contributed by atoms with Gasteiger partial charge in [-0.05, 0) is 42.0 Å². The van der Waals surface area contributed by atoms with Crippen molar-refractivity contribution in [2.45, 2.75) is 12.5 Å². The van der Waals surface area contributed by atoms with E-state index in [0.29, 0.717) is 5.75 Å². The molecule has 0 bridgehead atoms. The van der Waals surface area contributed by atoms with E-state index in [1.165, 1.54) is 12.1 Å². The van der Waals surface area contributed by atoms with E-state index in [9.17, 15) is 15.0 Å². The van der Waals surface area contributed by atoms with Gasteiger partial charge in [-0.25, -0.2) is 9.78 Å². The average molecular weight is 359 g/mol. The summed E-state index contributed by atoms with van der Waals surface area (Å²) >= 11 is 0. The Balaban J connectivity index is 1.79. The number of pyridine rings is 1. The van der Waals surface area contributed by atoms with Crippen molar-refractivity contribution in [2.75, 3.05) is 0 Å². The number of fused-ring (bicyclic) bond motifs is 2. The molecule has 0 amide bonds. The SMILES string of the molecule is O=C(O)C(Cc1ccc(O)cc1)Oc1c2ccccc2nc2ccccc12. The van der Waals surface area contributed by atoms with Gasteiger partial charge in [-0.1, -0.05) is 36.4 Å². The molecule has 0 aliphatic rings. The Labute approximate surface area is 155 Å². The molecule has 1 unspecified atom stereocenters. The van der Waals surface area contributed by atoms with Crippen LogP contribution in [0.25, 0.3) is 21.8 Å². The van der Waals surface area contributed by atoms with E-state index in [0.717, 1.165) is 27.4 Å². The zero-order valence-corrected chi connectivity index (χ0v) is 14.4. The monoisotopic (exact) mass is 359 g/mol. The maximum Gasteiger partial charge on any atom is 0.345 e. The highest BCUT2D eigenvalue weighted by atomic mass is 16.5. The number of para-hydroxylation sites is 2. The van der Waals surface area contributed by atoms with Crippen molar-refractivity contribution >= 4 is 27.8 Å². The Morgan fingerprint density at radius 1 is 0.889 bits per heavy atom. The Hall–Kier alpha value is -3.60. The third-order valence-corrected chi connectivity index (χ3v) is 4.43. The summed E-state index contributed by atoms with van der Waals surface area (Å²) in [6.45, 7) is 0. The molecular weight excluding hydrogens is 342 g/mol. The summed E-state index contributed by atoms with van der Waals surface area (Å²) in [5.74, 6) is -0.395. The fourth-order valence-corrected chi connectivity index (χ4v) is 3.10. The fourth-order valence-electron chi connectivity index (χ4n) is 3.10. The number of nitrogens with zero attached hydrogens (tertiary/aromatic N) is 1. The van der Waals surface area contributed by atoms with E-state index in [1.54, 1.807) is 12.1 Å². The van der Waals surface area contributed by atoms with Crippen LogP contribution in [0, 0.1) is 0 Å². The number of hydrogen-bond donors (Lipinski definition) is 2. The van der Waals surface area contributed by atoms with Crippen LogP contribution in [-0.2, 0) is 11.2 Å². The molecule has 0 saturated heterocycles. The number of rotatable bonds is 5. The van der Waals surface area contributed by atoms with Gasteiger partial charge in [0, 0.05) is 17.2 Å². The largest absolute Gasteiger partial charge is 0.508 e.